The van der Waals surface area contributed by atoms with Gasteiger partial charge in [0.05, 0.1) is 17.0 Å². The lowest BCUT2D eigenvalue weighted by molar-refractivity contribution is -0.140. The van der Waals surface area contributed by atoms with E-state index in [0.29, 0.717) is 23.6 Å². The molecule has 28 heavy (non-hydrogen) atoms. The van der Waals surface area contributed by atoms with Crippen LogP contribution in [0.3, 0.4) is 0 Å². The van der Waals surface area contributed by atoms with Gasteiger partial charge in [-0.15, -0.1) is 11.8 Å². The van der Waals surface area contributed by atoms with E-state index in [2.05, 4.69) is 17.3 Å². The third-order valence-corrected chi connectivity index (χ3v) is 6.94. The van der Waals surface area contributed by atoms with Gasteiger partial charge in [-0.1, -0.05) is 6.07 Å². The Morgan fingerprint density at radius 1 is 1.29 bits per heavy atom. The van der Waals surface area contributed by atoms with Gasteiger partial charge in [0.25, 0.3) is 0 Å². The fourth-order valence-corrected chi connectivity index (χ4v) is 5.51. The lowest BCUT2D eigenvalue weighted by atomic mass is 10.0. The smallest absolute Gasteiger partial charge is 0.338 e. The maximum absolute atomic E-state index is 13.0. The Balaban J connectivity index is 1.74. The molecule has 1 aromatic rings. The summed E-state index contributed by atoms with van der Waals surface area (Å²) >= 11 is 1.71. The fraction of sp³-hybridized carbons (Fsp3) is 0.550. The summed E-state index contributed by atoms with van der Waals surface area (Å²) in [6.45, 7) is 5.39. The molecule has 3 rings (SSSR count). The first-order valence-electron chi connectivity index (χ1n) is 9.57. The summed E-state index contributed by atoms with van der Waals surface area (Å²) in [6, 6.07) is 6.16. The molecule has 0 bridgehead atoms. The SMILES string of the molecule is CCOC(=O)c1cccc(NC(=O)C2CSC3(CCN(C)CC3)N2C(C)=O)c1. The van der Waals surface area contributed by atoms with Crippen LogP contribution >= 0.6 is 11.8 Å². The predicted molar refractivity (Wildman–Crippen MR) is 109 cm³/mol. The summed E-state index contributed by atoms with van der Waals surface area (Å²) in [4.78, 5) is 41.1. The quantitative estimate of drug-likeness (QED) is 0.774. The summed E-state index contributed by atoms with van der Waals surface area (Å²) < 4.78 is 5.01. The van der Waals surface area contributed by atoms with Crippen LogP contribution in [-0.2, 0) is 14.3 Å². The van der Waals surface area contributed by atoms with Crippen LogP contribution in [0.4, 0.5) is 5.69 Å². The monoisotopic (exact) mass is 405 g/mol. The Kier molecular flexibility index (Phi) is 6.30. The van der Waals surface area contributed by atoms with Gasteiger partial charge < -0.3 is 19.9 Å². The largest absolute Gasteiger partial charge is 0.462 e. The van der Waals surface area contributed by atoms with Crippen molar-refractivity contribution in [2.45, 2.75) is 37.6 Å². The molecular formula is C20H27N3O4S. The number of anilines is 1. The number of esters is 1. The normalized spacial score (nSPS) is 21.5. The third-order valence-electron chi connectivity index (χ3n) is 5.31. The first-order chi connectivity index (χ1) is 13.4. The molecule has 152 valence electrons. The fourth-order valence-electron chi connectivity index (χ4n) is 3.88. The summed E-state index contributed by atoms with van der Waals surface area (Å²) in [5.41, 5.74) is 0.907. The van der Waals surface area contributed by atoms with Gasteiger partial charge in [-0.3, -0.25) is 9.59 Å². The Morgan fingerprint density at radius 2 is 2.00 bits per heavy atom. The number of nitrogens with one attached hydrogen (secondary N) is 1. The molecule has 7 nitrogen and oxygen atoms in total. The number of amides is 2. The summed E-state index contributed by atoms with van der Waals surface area (Å²) in [6.07, 6.45) is 1.71. The number of piperidine rings is 1. The minimum atomic E-state index is -0.517. The molecule has 2 saturated heterocycles. The lowest BCUT2D eigenvalue weighted by Crippen LogP contribution is -2.56. The molecule has 2 fully saturated rings. The van der Waals surface area contributed by atoms with Crippen molar-refractivity contribution in [3.63, 3.8) is 0 Å². The molecule has 0 saturated carbocycles. The van der Waals surface area contributed by atoms with Crippen molar-refractivity contribution in [2.24, 2.45) is 0 Å². The number of hydrogen-bond donors (Lipinski definition) is 1. The first kappa shape index (κ1) is 20.7. The van der Waals surface area contributed by atoms with Gasteiger partial charge in [-0.05, 0) is 45.0 Å². The van der Waals surface area contributed by atoms with Gasteiger partial charge in [0, 0.05) is 31.5 Å². The van der Waals surface area contributed by atoms with Crippen LogP contribution in [0.2, 0.25) is 0 Å². The second kappa shape index (κ2) is 8.53. The standard InChI is InChI=1S/C20H27N3O4S/c1-4-27-19(26)15-6-5-7-16(12-15)21-18(25)17-13-28-20(23(17)14(2)24)8-10-22(3)11-9-20/h5-7,12,17H,4,8-11,13H2,1-3H3,(H,21,25). The number of hydrogen-bond acceptors (Lipinski definition) is 6. The molecule has 1 spiro atoms. The Bertz CT molecular complexity index is 762. The zero-order valence-electron chi connectivity index (χ0n) is 16.6. The highest BCUT2D eigenvalue weighted by molar-refractivity contribution is 8.01. The summed E-state index contributed by atoms with van der Waals surface area (Å²) in [7, 11) is 2.07. The number of thioether (sulfide) groups is 1. The second-order valence-electron chi connectivity index (χ2n) is 7.26. The van der Waals surface area contributed by atoms with Gasteiger partial charge in [0.1, 0.15) is 6.04 Å². The highest BCUT2D eigenvalue weighted by Crippen LogP contribution is 2.46. The highest BCUT2D eigenvalue weighted by Gasteiger charge is 2.51. The van der Waals surface area contributed by atoms with Gasteiger partial charge in [-0.25, -0.2) is 4.79 Å². The van der Waals surface area contributed by atoms with Crippen molar-refractivity contribution in [2.75, 3.05) is 37.8 Å². The molecule has 2 heterocycles. The van der Waals surface area contributed by atoms with E-state index in [0.717, 1.165) is 25.9 Å². The lowest BCUT2D eigenvalue weighted by Gasteiger charge is -2.44. The molecule has 0 aliphatic carbocycles. The average Bonchev–Trinajstić information content (AvgIpc) is 3.04. The number of carbonyl (C=O) groups excluding carboxylic acids is 3. The zero-order valence-corrected chi connectivity index (χ0v) is 17.4. The van der Waals surface area contributed by atoms with Crippen LogP contribution in [-0.4, -0.2) is 71.0 Å². The van der Waals surface area contributed by atoms with E-state index in [9.17, 15) is 14.4 Å². The molecule has 2 aliphatic heterocycles. The van der Waals surface area contributed by atoms with E-state index < -0.39 is 12.0 Å². The van der Waals surface area contributed by atoms with E-state index in [1.54, 1.807) is 47.9 Å². The molecule has 0 radical (unpaired) electrons. The first-order valence-corrected chi connectivity index (χ1v) is 10.6. The Morgan fingerprint density at radius 3 is 2.64 bits per heavy atom. The number of ether oxygens (including phenoxy) is 1. The van der Waals surface area contributed by atoms with Crippen molar-refractivity contribution in [1.82, 2.24) is 9.80 Å². The second-order valence-corrected chi connectivity index (χ2v) is 8.64. The number of benzene rings is 1. The van der Waals surface area contributed by atoms with Crippen molar-refractivity contribution < 1.29 is 19.1 Å². The van der Waals surface area contributed by atoms with Crippen LogP contribution in [0.1, 0.15) is 37.0 Å². The van der Waals surface area contributed by atoms with E-state index in [1.165, 1.54) is 6.92 Å². The molecule has 8 heteroatoms. The number of likely N-dealkylation sites (tertiary alicyclic amines) is 1. The van der Waals surface area contributed by atoms with Crippen molar-refractivity contribution in [3.05, 3.63) is 29.8 Å². The van der Waals surface area contributed by atoms with E-state index in [1.807, 2.05) is 0 Å². The minimum Gasteiger partial charge on any atom is -0.462 e. The van der Waals surface area contributed by atoms with Gasteiger partial charge >= 0.3 is 5.97 Å². The predicted octanol–water partition coefficient (Wildman–Crippen LogP) is 2.19. The van der Waals surface area contributed by atoms with E-state index in [4.69, 9.17) is 4.74 Å². The van der Waals surface area contributed by atoms with Crippen LogP contribution in [0, 0.1) is 0 Å². The maximum Gasteiger partial charge on any atom is 0.338 e. The van der Waals surface area contributed by atoms with Crippen molar-refractivity contribution in [3.8, 4) is 0 Å². The van der Waals surface area contributed by atoms with Crippen molar-refractivity contribution in [1.29, 1.82) is 0 Å². The van der Waals surface area contributed by atoms with Gasteiger partial charge in [0.2, 0.25) is 11.8 Å². The van der Waals surface area contributed by atoms with Gasteiger partial charge in [-0.2, -0.15) is 0 Å². The van der Waals surface area contributed by atoms with Crippen LogP contribution in [0.5, 0.6) is 0 Å². The average molecular weight is 406 g/mol. The molecule has 1 N–H and O–H groups in total. The Hall–Kier alpha value is -2.06. The summed E-state index contributed by atoms with van der Waals surface area (Å²) in [5.74, 6) is -0.146. The summed E-state index contributed by atoms with van der Waals surface area (Å²) in [5, 5.41) is 2.87. The maximum atomic E-state index is 13.0. The zero-order chi connectivity index (χ0) is 20.3. The molecule has 2 amide bonds. The van der Waals surface area contributed by atoms with E-state index in [-0.39, 0.29) is 16.7 Å². The van der Waals surface area contributed by atoms with Crippen LogP contribution < -0.4 is 5.32 Å². The van der Waals surface area contributed by atoms with Crippen molar-refractivity contribution >= 4 is 35.2 Å². The molecule has 1 atom stereocenters. The van der Waals surface area contributed by atoms with Crippen LogP contribution in [0.15, 0.2) is 24.3 Å². The minimum absolute atomic E-state index is 0.0741. The highest BCUT2D eigenvalue weighted by atomic mass is 32.2. The number of carbonyl (C=O) groups is 3. The van der Waals surface area contributed by atoms with E-state index >= 15 is 0 Å². The van der Waals surface area contributed by atoms with Crippen LogP contribution in [0.25, 0.3) is 0 Å². The molecule has 0 aromatic heterocycles. The molecular weight excluding hydrogens is 378 g/mol. The Labute approximate surface area is 169 Å². The number of nitrogens with zero attached hydrogens (tertiary/aromatic N) is 2. The third kappa shape index (κ3) is 4.17. The topological polar surface area (TPSA) is 79.0 Å². The molecule has 1 unspecified atom stereocenters. The number of rotatable bonds is 4. The molecule has 1 aromatic carbocycles. The van der Waals surface area contributed by atoms with Gasteiger partial charge in [0.15, 0.2) is 0 Å². The molecule has 2 aliphatic rings.